The maximum Gasteiger partial charge on any atom is 0.317 e. The second kappa shape index (κ2) is 20.2. The Kier molecular flexibility index (Phi) is 15.6. The highest BCUT2D eigenvalue weighted by atomic mass is 16.8. The van der Waals surface area contributed by atoms with Gasteiger partial charge in [0.2, 0.25) is 6.29 Å². The Morgan fingerprint density at radius 2 is 1.24 bits per heavy atom. The average molecular weight is 1060 g/mol. The fourth-order valence-electron chi connectivity index (χ4n) is 16.2. The fourth-order valence-corrected chi connectivity index (χ4v) is 16.2. The van der Waals surface area contributed by atoms with Gasteiger partial charge in [0.25, 0.3) is 0 Å². The molecular weight excluding hydrogens is 973 g/mol. The lowest BCUT2D eigenvalue weighted by Gasteiger charge is -2.71. The van der Waals surface area contributed by atoms with Gasteiger partial charge >= 0.3 is 5.97 Å². The van der Waals surface area contributed by atoms with Crippen molar-refractivity contribution in [3.63, 3.8) is 0 Å². The van der Waals surface area contributed by atoms with Crippen LogP contribution in [-0.4, -0.2) is 209 Å². The van der Waals surface area contributed by atoms with E-state index in [0.29, 0.717) is 25.7 Å². The maximum atomic E-state index is 15.5. The van der Waals surface area contributed by atoms with Gasteiger partial charge < -0.3 is 99.2 Å². The second-order valence-electron chi connectivity index (χ2n) is 25.9. The molecule has 8 fully saturated rings. The van der Waals surface area contributed by atoms with E-state index in [1.54, 1.807) is 0 Å². The van der Waals surface area contributed by atoms with Crippen molar-refractivity contribution in [1.82, 2.24) is 0 Å². The van der Waals surface area contributed by atoms with Gasteiger partial charge in [0.1, 0.15) is 78.7 Å². The summed E-state index contributed by atoms with van der Waals surface area (Å²) < 4.78 is 48.5. The summed E-state index contributed by atoms with van der Waals surface area (Å²) in [5.41, 5.74) is -2.19. The third kappa shape index (κ3) is 8.99. The van der Waals surface area contributed by atoms with E-state index in [4.69, 9.17) is 37.9 Å². The summed E-state index contributed by atoms with van der Waals surface area (Å²) in [5.74, 6) is -0.955. The van der Waals surface area contributed by atoms with E-state index >= 15 is 4.79 Å². The Hall–Kier alpha value is -1.55. The quantitative estimate of drug-likeness (QED) is 0.0796. The molecule has 0 aromatic heterocycles. The van der Waals surface area contributed by atoms with Gasteiger partial charge in [0.15, 0.2) is 25.0 Å². The van der Waals surface area contributed by atoms with Crippen LogP contribution in [0.1, 0.15) is 120 Å². The number of esters is 1. The van der Waals surface area contributed by atoms with Gasteiger partial charge in [-0.3, -0.25) is 4.79 Å². The van der Waals surface area contributed by atoms with Gasteiger partial charge in [-0.05, 0) is 116 Å². The van der Waals surface area contributed by atoms with Crippen LogP contribution in [0.2, 0.25) is 0 Å². The summed E-state index contributed by atoms with van der Waals surface area (Å²) in [6.45, 7) is 17.6. The van der Waals surface area contributed by atoms with Crippen molar-refractivity contribution in [2.45, 2.75) is 249 Å². The normalized spacial score (nSPS) is 55.1. The first-order valence-corrected chi connectivity index (χ1v) is 27.0. The summed E-state index contributed by atoms with van der Waals surface area (Å²) in [7, 11) is 0. The van der Waals surface area contributed by atoms with Crippen molar-refractivity contribution >= 4 is 5.97 Å². The van der Waals surface area contributed by atoms with Crippen LogP contribution < -0.4 is 0 Å². The molecule has 0 amide bonds. The summed E-state index contributed by atoms with van der Waals surface area (Å²) in [4.78, 5) is 15.5. The molecule has 0 aromatic carbocycles. The van der Waals surface area contributed by atoms with Gasteiger partial charge in [-0.1, -0.05) is 60.1 Å². The number of hydrogen-bond acceptors (Lipinski definition) is 21. The lowest BCUT2D eigenvalue weighted by molar-refractivity contribution is -0.375. The second-order valence-corrected chi connectivity index (χ2v) is 25.9. The van der Waals surface area contributed by atoms with Crippen molar-refractivity contribution in [2.24, 2.45) is 50.2 Å². The molecule has 12 N–H and O–H groups in total. The van der Waals surface area contributed by atoms with Crippen molar-refractivity contribution < 1.29 is 104 Å². The molecule has 21 heteroatoms. The van der Waals surface area contributed by atoms with Gasteiger partial charge in [-0.15, -0.1) is 0 Å². The lowest BCUT2D eigenvalue weighted by Crippen LogP contribution is -2.68. The summed E-state index contributed by atoms with van der Waals surface area (Å²) in [6.07, 6.45) is -22.6. The van der Waals surface area contributed by atoms with E-state index in [9.17, 15) is 61.3 Å². The molecule has 0 spiro atoms. The molecule has 4 heterocycles. The Bertz CT molecular complexity index is 2060. The Morgan fingerprint density at radius 1 is 0.622 bits per heavy atom. The average Bonchev–Trinajstić information content (AvgIpc) is 3.33. The van der Waals surface area contributed by atoms with E-state index < -0.39 is 164 Å². The minimum Gasteiger partial charge on any atom is -0.432 e. The number of carbonyl (C=O) groups is 1. The van der Waals surface area contributed by atoms with Crippen molar-refractivity contribution in [1.29, 1.82) is 0 Å². The van der Waals surface area contributed by atoms with Gasteiger partial charge in [-0.2, -0.15) is 0 Å². The van der Waals surface area contributed by atoms with E-state index in [-0.39, 0.29) is 47.0 Å². The Labute approximate surface area is 433 Å². The van der Waals surface area contributed by atoms with Crippen LogP contribution in [0.3, 0.4) is 0 Å². The molecule has 9 rings (SSSR count). The Balaban J connectivity index is 0.999. The molecule has 4 aliphatic heterocycles. The molecule has 4 saturated heterocycles. The summed E-state index contributed by atoms with van der Waals surface area (Å²) >= 11 is 0. The van der Waals surface area contributed by atoms with Gasteiger partial charge in [-0.25, -0.2) is 0 Å². The highest BCUT2D eigenvalue weighted by Crippen LogP contribution is 2.76. The molecule has 74 heavy (non-hydrogen) atoms. The minimum atomic E-state index is -1.84. The zero-order valence-corrected chi connectivity index (χ0v) is 44.3. The highest BCUT2D eigenvalue weighted by Gasteiger charge is 2.72. The highest BCUT2D eigenvalue weighted by molar-refractivity contribution is 5.80. The molecule has 9 aliphatic rings. The smallest absolute Gasteiger partial charge is 0.317 e. The van der Waals surface area contributed by atoms with Gasteiger partial charge in [0.05, 0.1) is 37.6 Å². The first-order valence-electron chi connectivity index (χ1n) is 27.0. The number of aliphatic hydroxyl groups is 12. The lowest BCUT2D eigenvalue weighted by atomic mass is 9.33. The van der Waals surface area contributed by atoms with Crippen LogP contribution >= 0.6 is 0 Å². The van der Waals surface area contributed by atoms with Crippen LogP contribution in [0.5, 0.6) is 0 Å². The maximum absolute atomic E-state index is 15.5. The minimum absolute atomic E-state index is 0.149. The number of ether oxygens (including phenoxy) is 8. The number of allylic oxidation sites excluding steroid dienone is 2. The van der Waals surface area contributed by atoms with E-state index in [1.807, 2.05) is 0 Å². The number of hydrogen-bond donors (Lipinski definition) is 12. The van der Waals surface area contributed by atoms with Crippen LogP contribution in [-0.2, 0) is 42.7 Å². The molecule has 21 nitrogen and oxygen atoms in total. The van der Waals surface area contributed by atoms with E-state index in [2.05, 4.69) is 54.5 Å². The number of aliphatic hydroxyl groups excluding tert-OH is 12. The van der Waals surface area contributed by atoms with Gasteiger partial charge in [0, 0.05) is 0 Å². The zero-order valence-electron chi connectivity index (χ0n) is 44.3. The molecule has 4 saturated carbocycles. The molecule has 0 aromatic rings. The molecule has 28 atom stereocenters. The molecule has 5 aliphatic carbocycles. The third-order valence-corrected chi connectivity index (χ3v) is 21.0. The molecule has 0 radical (unpaired) electrons. The van der Waals surface area contributed by atoms with Crippen LogP contribution in [0, 0.1) is 50.2 Å². The van der Waals surface area contributed by atoms with Crippen molar-refractivity contribution in [2.75, 3.05) is 13.2 Å². The number of rotatable bonds is 9. The standard InChI is InChI=1S/C53H86O21/c1-22-32(57)35(60)38(63)44(68-22)73-42-40(65)41(72-43-37(62)33(58)26(55)21-67-43)23(2)69-46(42)74-47(66)53-17-16-48(3,4)18-25(53)24-10-11-29-50(7)14-13-31(71-45-39(64)36(61)34(59)27(20-54)70-45)49(5,6)28(50)12-15-51(29,8)52(24,9)19-30(53)56/h10,22-23,25-46,54-65H,11-21H2,1-9H3/t22-,23-,25-,26+,27+,28-,29-,30+,31-,32-,33-,34+,35+,36-,37+,38+,39+,40+,41-,42+,43-,44-,45-,46-,50-,51+,52+,53+/m0/s1. The van der Waals surface area contributed by atoms with Crippen LogP contribution in [0.4, 0.5) is 0 Å². The topological polar surface area (TPSA) is 334 Å². The number of fused-ring (bicyclic) bond motifs is 7. The predicted molar refractivity (Wildman–Crippen MR) is 255 cm³/mol. The summed E-state index contributed by atoms with van der Waals surface area (Å²) in [5, 5.41) is 130. The van der Waals surface area contributed by atoms with Crippen LogP contribution in [0.25, 0.3) is 0 Å². The first-order chi connectivity index (χ1) is 34.5. The fraction of sp³-hybridized carbons (Fsp3) is 0.943. The molecule has 0 bridgehead atoms. The predicted octanol–water partition coefficient (Wildman–Crippen LogP) is -0.370. The number of carbonyl (C=O) groups excluding carboxylic acids is 1. The SMILES string of the molecule is C[C@@H]1O[C@@H](O[C@H]2[C@H](OC(=O)[C@]34CCC(C)(C)C[C@H]3C3=CC[C@H]5[C@@]6(C)CC[C@H](O[C@@H]7O[C@H](CO)[C@@H](O)[C@H](O)[C@H]7O)C(C)(C)[C@@H]6CC[C@@]5(C)[C@]3(C)C[C@H]4O)O[C@@H](C)[C@H](O[C@@H]3OC[C@@H](O)[C@H](O)[C@H]3O)[C@H]2O)[C@H](O)[C@H](O)[C@H]1O. The zero-order chi connectivity index (χ0) is 54.2. The largest absolute Gasteiger partial charge is 0.432 e. The Morgan fingerprint density at radius 3 is 1.92 bits per heavy atom. The molecule has 424 valence electrons. The molecule has 0 unspecified atom stereocenters. The molecular formula is C53H86O21. The van der Waals surface area contributed by atoms with Crippen molar-refractivity contribution in [3.8, 4) is 0 Å². The van der Waals surface area contributed by atoms with Crippen molar-refractivity contribution in [3.05, 3.63) is 11.6 Å². The van der Waals surface area contributed by atoms with E-state index in [0.717, 1.165) is 24.8 Å². The van der Waals surface area contributed by atoms with Crippen LogP contribution in [0.15, 0.2) is 11.6 Å². The van der Waals surface area contributed by atoms with E-state index in [1.165, 1.54) is 13.8 Å². The summed E-state index contributed by atoms with van der Waals surface area (Å²) in [6, 6.07) is 0. The monoisotopic (exact) mass is 1060 g/mol. The third-order valence-electron chi connectivity index (χ3n) is 21.0. The first kappa shape index (κ1) is 57.1.